The molecule has 2 N–H and O–H groups in total. The Morgan fingerprint density at radius 3 is 2.27 bits per heavy atom. The first kappa shape index (κ1) is 19.5. The fourth-order valence-corrected chi connectivity index (χ4v) is 3.61. The molecule has 1 amide bonds. The molecule has 0 radical (unpaired) electrons. The highest BCUT2D eigenvalue weighted by molar-refractivity contribution is 7.92. The van der Waals surface area contributed by atoms with Gasteiger partial charge in [0, 0.05) is 11.3 Å². The average molecular weight is 376 g/mol. The zero-order chi connectivity index (χ0) is 19.3. The van der Waals surface area contributed by atoms with Crippen LogP contribution < -0.4 is 10.0 Å². The molecule has 0 bridgehead atoms. The van der Waals surface area contributed by atoms with Gasteiger partial charge in [0.05, 0.1) is 12.0 Å². The molecule has 0 saturated heterocycles. The highest BCUT2D eigenvalue weighted by atomic mass is 32.2. The molecule has 0 aromatic heterocycles. The van der Waals surface area contributed by atoms with Gasteiger partial charge in [-0.3, -0.25) is 14.3 Å². The number of rotatable bonds is 6. The zero-order valence-corrected chi connectivity index (χ0v) is 15.5. The lowest BCUT2D eigenvalue weighted by Crippen LogP contribution is -2.30. The molecular weight excluding hydrogens is 356 g/mol. The van der Waals surface area contributed by atoms with Crippen molar-refractivity contribution >= 4 is 27.6 Å². The highest BCUT2D eigenvalue weighted by Crippen LogP contribution is 2.20. The van der Waals surface area contributed by atoms with Crippen LogP contribution in [0, 0.1) is 13.8 Å². The van der Waals surface area contributed by atoms with Crippen molar-refractivity contribution in [2.24, 2.45) is 0 Å². The fourth-order valence-electron chi connectivity index (χ4n) is 2.33. The van der Waals surface area contributed by atoms with Crippen molar-refractivity contribution in [1.82, 2.24) is 5.32 Å². The van der Waals surface area contributed by atoms with E-state index >= 15 is 0 Å². The van der Waals surface area contributed by atoms with Gasteiger partial charge in [0.25, 0.3) is 15.9 Å². The SMILES string of the molecule is COC(=O)CNC(=O)c1ccc(NS(=O)(=O)c2ccc(C)cc2C)cc1. The van der Waals surface area contributed by atoms with E-state index in [1.165, 1.54) is 31.4 Å². The number of esters is 1. The van der Waals surface area contributed by atoms with Crippen molar-refractivity contribution in [3.8, 4) is 0 Å². The fraction of sp³-hybridized carbons (Fsp3) is 0.222. The maximum Gasteiger partial charge on any atom is 0.325 e. The van der Waals surface area contributed by atoms with Gasteiger partial charge in [-0.25, -0.2) is 8.42 Å². The summed E-state index contributed by atoms with van der Waals surface area (Å²) in [5.41, 5.74) is 2.25. The van der Waals surface area contributed by atoms with E-state index in [1.54, 1.807) is 25.1 Å². The van der Waals surface area contributed by atoms with Gasteiger partial charge < -0.3 is 10.1 Å². The molecule has 0 spiro atoms. The highest BCUT2D eigenvalue weighted by Gasteiger charge is 2.17. The number of methoxy groups -OCH3 is 1. The number of sulfonamides is 1. The number of hydrogen-bond acceptors (Lipinski definition) is 5. The quantitative estimate of drug-likeness (QED) is 0.751. The monoisotopic (exact) mass is 376 g/mol. The second-order valence-electron chi connectivity index (χ2n) is 5.71. The lowest BCUT2D eigenvalue weighted by atomic mass is 10.2. The maximum atomic E-state index is 12.5. The number of aryl methyl sites for hydroxylation is 2. The predicted molar refractivity (Wildman–Crippen MR) is 97.5 cm³/mol. The zero-order valence-electron chi connectivity index (χ0n) is 14.7. The van der Waals surface area contributed by atoms with Crippen LogP contribution in [0.2, 0.25) is 0 Å². The largest absolute Gasteiger partial charge is 0.468 e. The normalized spacial score (nSPS) is 10.9. The van der Waals surface area contributed by atoms with Crippen LogP contribution in [0.15, 0.2) is 47.4 Å². The Balaban J connectivity index is 2.11. The Labute approximate surface area is 152 Å². The molecule has 7 nitrogen and oxygen atoms in total. The topological polar surface area (TPSA) is 102 Å². The number of hydrogen-bond donors (Lipinski definition) is 2. The summed E-state index contributed by atoms with van der Waals surface area (Å²) in [4.78, 5) is 23.1. The molecule has 0 fully saturated rings. The number of ether oxygens (including phenoxy) is 1. The van der Waals surface area contributed by atoms with E-state index in [9.17, 15) is 18.0 Å². The van der Waals surface area contributed by atoms with Gasteiger partial charge >= 0.3 is 5.97 Å². The number of nitrogens with one attached hydrogen (secondary N) is 2. The Hall–Kier alpha value is -2.87. The molecule has 0 atom stereocenters. The number of carbonyl (C=O) groups is 2. The molecule has 8 heteroatoms. The van der Waals surface area contributed by atoms with E-state index < -0.39 is 21.9 Å². The summed E-state index contributed by atoms with van der Waals surface area (Å²) in [5.74, 6) is -1.02. The van der Waals surface area contributed by atoms with Gasteiger partial charge in [-0.15, -0.1) is 0 Å². The molecule has 0 aliphatic rings. The van der Waals surface area contributed by atoms with Gasteiger partial charge in [-0.1, -0.05) is 17.7 Å². The molecule has 0 aliphatic heterocycles. The Bertz CT molecular complexity index is 921. The smallest absolute Gasteiger partial charge is 0.325 e. The number of amides is 1. The van der Waals surface area contributed by atoms with Crippen LogP contribution in [0.3, 0.4) is 0 Å². The van der Waals surface area contributed by atoms with Crippen molar-refractivity contribution in [2.75, 3.05) is 18.4 Å². The van der Waals surface area contributed by atoms with Gasteiger partial charge in [0.15, 0.2) is 0 Å². The molecule has 26 heavy (non-hydrogen) atoms. The Morgan fingerprint density at radius 2 is 1.69 bits per heavy atom. The summed E-state index contributed by atoms with van der Waals surface area (Å²) < 4.78 is 32.0. The Morgan fingerprint density at radius 1 is 1.04 bits per heavy atom. The minimum Gasteiger partial charge on any atom is -0.468 e. The third-order valence-corrected chi connectivity index (χ3v) is 5.18. The average Bonchev–Trinajstić information content (AvgIpc) is 2.59. The molecule has 2 rings (SSSR count). The summed E-state index contributed by atoms with van der Waals surface area (Å²) in [7, 11) is -2.50. The second kappa shape index (κ2) is 8.01. The van der Waals surface area contributed by atoms with Crippen molar-refractivity contribution < 1.29 is 22.7 Å². The van der Waals surface area contributed by atoms with Crippen LogP contribution in [0.5, 0.6) is 0 Å². The number of benzene rings is 2. The van der Waals surface area contributed by atoms with Gasteiger partial charge in [0.2, 0.25) is 0 Å². The van der Waals surface area contributed by atoms with Gasteiger partial charge in [-0.2, -0.15) is 0 Å². The molecule has 2 aromatic rings. The van der Waals surface area contributed by atoms with Crippen molar-refractivity contribution in [3.63, 3.8) is 0 Å². The second-order valence-corrected chi connectivity index (χ2v) is 7.36. The summed E-state index contributed by atoms with van der Waals surface area (Å²) in [6, 6.07) is 11.0. The molecule has 2 aromatic carbocycles. The van der Waals surface area contributed by atoms with E-state index in [-0.39, 0.29) is 11.4 Å². The number of carbonyl (C=O) groups excluding carboxylic acids is 2. The molecule has 0 saturated carbocycles. The van der Waals surface area contributed by atoms with Gasteiger partial charge in [-0.05, 0) is 49.7 Å². The van der Waals surface area contributed by atoms with Crippen LogP contribution in [0.25, 0.3) is 0 Å². The predicted octanol–water partition coefficient (Wildman–Crippen LogP) is 2.01. The van der Waals surface area contributed by atoms with E-state index in [0.717, 1.165) is 5.56 Å². The summed E-state index contributed by atoms with van der Waals surface area (Å²) in [6.07, 6.45) is 0. The first-order valence-electron chi connectivity index (χ1n) is 7.78. The van der Waals surface area contributed by atoms with E-state index in [0.29, 0.717) is 16.8 Å². The van der Waals surface area contributed by atoms with Crippen LogP contribution in [-0.2, 0) is 19.6 Å². The van der Waals surface area contributed by atoms with E-state index in [4.69, 9.17) is 0 Å². The molecule has 138 valence electrons. The van der Waals surface area contributed by atoms with Gasteiger partial charge in [0.1, 0.15) is 6.54 Å². The molecule has 0 aliphatic carbocycles. The van der Waals surface area contributed by atoms with Crippen LogP contribution in [0.4, 0.5) is 5.69 Å². The summed E-state index contributed by atoms with van der Waals surface area (Å²) >= 11 is 0. The van der Waals surface area contributed by atoms with Crippen LogP contribution in [-0.4, -0.2) is 33.9 Å². The van der Waals surface area contributed by atoms with E-state index in [1.807, 2.05) is 6.92 Å². The standard InChI is InChI=1S/C18H20N2O5S/c1-12-4-9-16(13(2)10-12)26(23,24)20-15-7-5-14(6-8-15)18(22)19-11-17(21)25-3/h4-10,20H,11H2,1-3H3,(H,19,22). The van der Waals surface area contributed by atoms with Crippen LogP contribution >= 0.6 is 0 Å². The minimum absolute atomic E-state index is 0.197. The first-order chi connectivity index (χ1) is 12.2. The minimum atomic E-state index is -3.73. The first-order valence-corrected chi connectivity index (χ1v) is 9.26. The molecule has 0 heterocycles. The molecular formula is C18H20N2O5S. The lowest BCUT2D eigenvalue weighted by molar-refractivity contribution is -0.139. The Kier molecular flexibility index (Phi) is 5.99. The number of anilines is 1. The van der Waals surface area contributed by atoms with Crippen molar-refractivity contribution in [1.29, 1.82) is 0 Å². The third kappa shape index (κ3) is 4.82. The summed E-state index contributed by atoms with van der Waals surface area (Å²) in [5, 5.41) is 2.40. The van der Waals surface area contributed by atoms with Crippen molar-refractivity contribution in [2.45, 2.75) is 18.7 Å². The van der Waals surface area contributed by atoms with Crippen LogP contribution in [0.1, 0.15) is 21.5 Å². The lowest BCUT2D eigenvalue weighted by Gasteiger charge is -2.11. The maximum absolute atomic E-state index is 12.5. The van der Waals surface area contributed by atoms with Crippen molar-refractivity contribution in [3.05, 3.63) is 59.2 Å². The summed E-state index contributed by atoms with van der Waals surface area (Å²) in [6.45, 7) is 3.38. The molecule has 0 unspecified atom stereocenters. The third-order valence-electron chi connectivity index (χ3n) is 3.64. The van der Waals surface area contributed by atoms with E-state index in [2.05, 4.69) is 14.8 Å².